The van der Waals surface area contributed by atoms with Crippen molar-refractivity contribution in [2.24, 2.45) is 5.92 Å². The summed E-state index contributed by atoms with van der Waals surface area (Å²) in [6.45, 7) is 3.47. The summed E-state index contributed by atoms with van der Waals surface area (Å²) in [5, 5.41) is 12.6. The molecule has 0 aliphatic heterocycles. The van der Waals surface area contributed by atoms with Crippen LogP contribution in [0.25, 0.3) is 22.1 Å². The summed E-state index contributed by atoms with van der Waals surface area (Å²) in [6, 6.07) is 7.08. The lowest BCUT2D eigenvalue weighted by atomic mass is 10.1. The second kappa shape index (κ2) is 6.45. The molecule has 24 heavy (non-hydrogen) atoms. The number of nitrogens with one attached hydrogen (secondary N) is 1. The van der Waals surface area contributed by atoms with E-state index >= 15 is 0 Å². The molecule has 2 unspecified atom stereocenters. The molecule has 2 aromatic heterocycles. The zero-order chi connectivity index (χ0) is 17.3. The summed E-state index contributed by atoms with van der Waals surface area (Å²) in [4.78, 5) is 28.9. The van der Waals surface area contributed by atoms with Gasteiger partial charge in [0.1, 0.15) is 17.6 Å². The van der Waals surface area contributed by atoms with Crippen molar-refractivity contribution in [3.05, 3.63) is 40.9 Å². The highest BCUT2D eigenvalue weighted by molar-refractivity contribution is 6.01. The second-order valence-electron chi connectivity index (χ2n) is 5.97. The van der Waals surface area contributed by atoms with Gasteiger partial charge in [0.05, 0.1) is 6.33 Å². The lowest BCUT2D eigenvalue weighted by molar-refractivity contribution is -0.122. The average Bonchev–Trinajstić information content (AvgIpc) is 2.96. The van der Waals surface area contributed by atoms with E-state index < -0.39 is 5.56 Å². The van der Waals surface area contributed by atoms with Crippen LogP contribution in [0.1, 0.15) is 13.8 Å². The second-order valence-corrected chi connectivity index (χ2v) is 5.97. The number of para-hydroxylation sites is 1. The highest BCUT2D eigenvalue weighted by atomic mass is 16.3. The Labute approximate surface area is 137 Å². The number of aromatic nitrogens is 2. The standard InChI is InChI=1S/C17H19N3O4/c1-10(8-21)11(2)19-14(22)7-20-9-18-15-12-5-3-4-6-13(12)24-16(15)17(20)23/h3-6,9-11,21H,7-8H2,1-2H3,(H,19,22). The third-order valence-corrected chi connectivity index (χ3v) is 4.19. The maximum absolute atomic E-state index is 12.5. The van der Waals surface area contributed by atoms with Gasteiger partial charge in [0.15, 0.2) is 0 Å². The van der Waals surface area contributed by atoms with E-state index in [4.69, 9.17) is 9.52 Å². The first kappa shape index (κ1) is 16.2. The molecule has 0 fully saturated rings. The third kappa shape index (κ3) is 2.90. The van der Waals surface area contributed by atoms with E-state index in [1.165, 1.54) is 10.9 Å². The molecule has 0 saturated heterocycles. The number of furan rings is 1. The van der Waals surface area contributed by atoms with Crippen molar-refractivity contribution < 1.29 is 14.3 Å². The Hall–Kier alpha value is -2.67. The van der Waals surface area contributed by atoms with Gasteiger partial charge >= 0.3 is 0 Å². The number of aliphatic hydroxyl groups is 1. The van der Waals surface area contributed by atoms with E-state index in [0.717, 1.165) is 5.39 Å². The lowest BCUT2D eigenvalue weighted by Gasteiger charge is -2.19. The van der Waals surface area contributed by atoms with Crippen molar-refractivity contribution in [1.29, 1.82) is 0 Å². The van der Waals surface area contributed by atoms with E-state index in [-0.39, 0.29) is 36.6 Å². The molecule has 0 spiro atoms. The largest absolute Gasteiger partial charge is 0.448 e. The van der Waals surface area contributed by atoms with E-state index in [2.05, 4.69) is 10.3 Å². The van der Waals surface area contributed by atoms with Gasteiger partial charge in [0, 0.05) is 18.0 Å². The van der Waals surface area contributed by atoms with Crippen LogP contribution in [0, 0.1) is 5.92 Å². The molecule has 0 aliphatic carbocycles. The number of amides is 1. The third-order valence-electron chi connectivity index (χ3n) is 4.19. The normalized spacial score (nSPS) is 14.0. The van der Waals surface area contributed by atoms with Gasteiger partial charge in [0.2, 0.25) is 11.5 Å². The Morgan fingerprint density at radius 1 is 1.38 bits per heavy atom. The summed E-state index contributed by atoms with van der Waals surface area (Å²) in [6.07, 6.45) is 1.35. The molecule has 0 aliphatic rings. The number of benzene rings is 1. The Bertz CT molecular complexity index is 944. The molecular formula is C17H19N3O4. The molecule has 2 heterocycles. The number of aliphatic hydroxyl groups excluding tert-OH is 1. The number of hydrogen-bond donors (Lipinski definition) is 2. The van der Waals surface area contributed by atoms with Crippen molar-refractivity contribution in [2.45, 2.75) is 26.4 Å². The SMILES string of the molecule is CC(CO)C(C)NC(=O)Cn1cnc2c(oc3ccccc32)c1=O. The van der Waals surface area contributed by atoms with Crippen LogP contribution >= 0.6 is 0 Å². The van der Waals surface area contributed by atoms with E-state index in [0.29, 0.717) is 11.1 Å². The highest BCUT2D eigenvalue weighted by Crippen LogP contribution is 2.23. The van der Waals surface area contributed by atoms with Crippen molar-refractivity contribution in [3.63, 3.8) is 0 Å². The van der Waals surface area contributed by atoms with Gasteiger partial charge in [-0.25, -0.2) is 4.98 Å². The molecule has 1 aromatic carbocycles. The molecule has 3 aromatic rings. The quantitative estimate of drug-likeness (QED) is 0.735. The Morgan fingerprint density at radius 2 is 2.12 bits per heavy atom. The molecule has 0 radical (unpaired) electrons. The van der Waals surface area contributed by atoms with Crippen molar-refractivity contribution in [1.82, 2.24) is 14.9 Å². The van der Waals surface area contributed by atoms with E-state index in [1.54, 1.807) is 6.07 Å². The van der Waals surface area contributed by atoms with Gasteiger partial charge < -0.3 is 14.8 Å². The fraction of sp³-hybridized carbons (Fsp3) is 0.353. The Morgan fingerprint density at radius 3 is 2.88 bits per heavy atom. The van der Waals surface area contributed by atoms with Crippen LogP contribution in [-0.4, -0.2) is 33.2 Å². The van der Waals surface area contributed by atoms with Crippen molar-refractivity contribution in [3.8, 4) is 0 Å². The first-order valence-corrected chi connectivity index (χ1v) is 7.78. The minimum Gasteiger partial charge on any atom is -0.448 e. The van der Waals surface area contributed by atoms with Crippen LogP contribution in [-0.2, 0) is 11.3 Å². The molecule has 2 atom stereocenters. The van der Waals surface area contributed by atoms with Gasteiger partial charge in [-0.15, -0.1) is 0 Å². The van der Waals surface area contributed by atoms with Crippen LogP contribution in [0.2, 0.25) is 0 Å². The summed E-state index contributed by atoms with van der Waals surface area (Å²) in [7, 11) is 0. The van der Waals surface area contributed by atoms with Gasteiger partial charge in [-0.2, -0.15) is 0 Å². The molecule has 7 heteroatoms. The number of nitrogens with zero attached hydrogens (tertiary/aromatic N) is 2. The molecule has 0 bridgehead atoms. The zero-order valence-corrected chi connectivity index (χ0v) is 13.5. The van der Waals surface area contributed by atoms with Gasteiger partial charge in [-0.1, -0.05) is 19.1 Å². The minimum atomic E-state index is -0.394. The van der Waals surface area contributed by atoms with Crippen LogP contribution in [0.4, 0.5) is 0 Å². The molecule has 3 rings (SSSR count). The van der Waals surface area contributed by atoms with Gasteiger partial charge in [0.25, 0.3) is 5.56 Å². The zero-order valence-electron chi connectivity index (χ0n) is 13.5. The first-order valence-electron chi connectivity index (χ1n) is 7.78. The maximum Gasteiger partial charge on any atom is 0.297 e. The van der Waals surface area contributed by atoms with Crippen LogP contribution in [0.15, 0.2) is 39.8 Å². The molecule has 0 saturated carbocycles. The number of carbonyl (C=O) groups excluding carboxylic acids is 1. The Balaban J connectivity index is 1.88. The van der Waals surface area contributed by atoms with Crippen LogP contribution in [0.3, 0.4) is 0 Å². The summed E-state index contributed by atoms with van der Waals surface area (Å²) in [5.74, 6) is -0.385. The number of fused-ring (bicyclic) bond motifs is 3. The summed E-state index contributed by atoms with van der Waals surface area (Å²) < 4.78 is 6.80. The van der Waals surface area contributed by atoms with E-state index in [1.807, 2.05) is 32.0 Å². The topological polar surface area (TPSA) is 97.4 Å². The number of carbonyl (C=O) groups is 1. The Kier molecular flexibility index (Phi) is 4.35. The average molecular weight is 329 g/mol. The van der Waals surface area contributed by atoms with Crippen molar-refractivity contribution in [2.75, 3.05) is 6.61 Å². The smallest absolute Gasteiger partial charge is 0.297 e. The maximum atomic E-state index is 12.5. The number of rotatable bonds is 5. The first-order chi connectivity index (χ1) is 11.5. The summed E-state index contributed by atoms with van der Waals surface area (Å²) >= 11 is 0. The minimum absolute atomic E-state index is 0.0199. The van der Waals surface area contributed by atoms with Crippen LogP contribution in [0.5, 0.6) is 0 Å². The fourth-order valence-electron chi connectivity index (χ4n) is 2.48. The lowest BCUT2D eigenvalue weighted by Crippen LogP contribution is -2.41. The molecule has 126 valence electrons. The molecule has 2 N–H and O–H groups in total. The monoisotopic (exact) mass is 329 g/mol. The van der Waals surface area contributed by atoms with Crippen molar-refractivity contribution >= 4 is 28.0 Å². The fourth-order valence-corrected chi connectivity index (χ4v) is 2.48. The predicted molar refractivity (Wildman–Crippen MR) is 89.6 cm³/mol. The van der Waals surface area contributed by atoms with Gasteiger partial charge in [-0.05, 0) is 25.0 Å². The molecular weight excluding hydrogens is 310 g/mol. The predicted octanol–water partition coefficient (Wildman–Crippen LogP) is 1.28. The molecule has 1 amide bonds. The van der Waals surface area contributed by atoms with E-state index in [9.17, 15) is 9.59 Å². The summed E-state index contributed by atoms with van der Waals surface area (Å²) in [5.41, 5.74) is 0.830. The van der Waals surface area contributed by atoms with Gasteiger partial charge in [-0.3, -0.25) is 14.2 Å². The number of hydrogen-bond acceptors (Lipinski definition) is 5. The molecule has 7 nitrogen and oxygen atoms in total. The highest BCUT2D eigenvalue weighted by Gasteiger charge is 2.17. The van der Waals surface area contributed by atoms with Crippen LogP contribution < -0.4 is 10.9 Å².